The summed E-state index contributed by atoms with van der Waals surface area (Å²) in [5.41, 5.74) is 1.13. The lowest BCUT2D eigenvalue weighted by Gasteiger charge is -2.72. The molecule has 9 nitrogen and oxygen atoms in total. The summed E-state index contributed by atoms with van der Waals surface area (Å²) < 4.78 is 37.3. The average Bonchev–Trinajstić information content (AvgIpc) is 3.36. The number of hydrogen-bond acceptors (Lipinski definition) is 8. The minimum atomic E-state index is -4.44. The van der Waals surface area contributed by atoms with Crippen LogP contribution in [0.2, 0.25) is 0 Å². The van der Waals surface area contributed by atoms with Crippen molar-refractivity contribution in [3.8, 4) is 5.69 Å². The number of hydrogen-bond donors (Lipinski definition) is 1. The Morgan fingerprint density at radius 1 is 1.20 bits per heavy atom. The van der Waals surface area contributed by atoms with E-state index in [4.69, 9.17) is 0 Å². The zero-order valence-corrected chi connectivity index (χ0v) is 19.9. The van der Waals surface area contributed by atoms with Crippen molar-refractivity contribution in [2.24, 2.45) is 5.41 Å². The van der Waals surface area contributed by atoms with Gasteiger partial charge in [0.2, 0.25) is 0 Å². The maximum atomic E-state index is 12.4. The first-order valence-corrected chi connectivity index (χ1v) is 11.3. The number of aromatic nitrogens is 6. The van der Waals surface area contributed by atoms with Gasteiger partial charge in [-0.05, 0) is 45.9 Å². The molecule has 0 radical (unpaired) electrons. The Labute approximate surface area is 200 Å². The highest BCUT2D eigenvalue weighted by Gasteiger charge is 2.66. The first kappa shape index (κ1) is 24.7. The number of carbonyl (C=O) groups is 1. The van der Waals surface area contributed by atoms with Crippen molar-refractivity contribution in [3.05, 3.63) is 54.0 Å². The summed E-state index contributed by atoms with van der Waals surface area (Å²) in [6.07, 6.45) is 3.46. The highest BCUT2D eigenvalue weighted by atomic mass is 19.4. The second kappa shape index (κ2) is 9.33. The number of nitrogens with one attached hydrogen (secondary N) is 1. The minimum Gasteiger partial charge on any atom is -0.364 e. The lowest BCUT2D eigenvalue weighted by Crippen LogP contribution is -2.81. The first-order chi connectivity index (χ1) is 16.6. The Hall–Kier alpha value is -3.41. The highest BCUT2D eigenvalue weighted by Crippen LogP contribution is 2.59. The fourth-order valence-corrected chi connectivity index (χ4v) is 5.24. The predicted molar refractivity (Wildman–Crippen MR) is 122 cm³/mol. The third-order valence-corrected chi connectivity index (χ3v) is 7.17. The van der Waals surface area contributed by atoms with Crippen LogP contribution in [0.3, 0.4) is 0 Å². The molecule has 0 aromatic carbocycles. The number of anilines is 1. The maximum Gasteiger partial charge on any atom is 0.434 e. The van der Waals surface area contributed by atoms with Crippen LogP contribution in [-0.4, -0.2) is 66.3 Å². The molecular weight excluding hydrogens is 461 g/mol. The summed E-state index contributed by atoms with van der Waals surface area (Å²) in [5.74, 6) is 0.408. The molecule has 4 atom stereocenters. The Morgan fingerprint density at radius 2 is 1.91 bits per heavy atom. The Morgan fingerprint density at radius 3 is 2.49 bits per heavy atom. The van der Waals surface area contributed by atoms with Crippen molar-refractivity contribution >= 4 is 12.1 Å². The van der Waals surface area contributed by atoms with E-state index in [1.165, 1.54) is 4.80 Å². The molecule has 12 heteroatoms. The molecule has 1 saturated carbocycles. The van der Waals surface area contributed by atoms with Crippen LogP contribution in [-0.2, 0) is 6.18 Å². The van der Waals surface area contributed by atoms with Crippen LogP contribution >= 0.6 is 0 Å². The number of aryl methyl sites for hydroxylation is 1. The number of pyridine rings is 1. The van der Waals surface area contributed by atoms with Gasteiger partial charge >= 0.3 is 6.18 Å². The first-order valence-electron chi connectivity index (χ1n) is 11.3. The van der Waals surface area contributed by atoms with Gasteiger partial charge in [0.25, 0.3) is 0 Å². The molecule has 1 aliphatic heterocycles. The standard InChI is InChI=1S/C14H19F3N4.C9H8N4O/c1-4-13-5-9(12(13)21(3)8(13)2)20-11-7-18-10(6-19-11)14(15,16)17;1-7-2-3-9(8(6-14)12-7)13-10-4-5-11-13/h6-9,12H,4-5H2,1-3H3,(H,19,20);2-6H,1H3. The number of alkyl halides is 3. The molecule has 4 heterocycles. The Balaban J connectivity index is 0.000000179. The van der Waals surface area contributed by atoms with Crippen molar-refractivity contribution in [2.45, 2.75) is 57.9 Å². The van der Waals surface area contributed by atoms with Crippen LogP contribution in [0, 0.1) is 12.3 Å². The molecule has 0 bridgehead atoms. The number of likely N-dealkylation sites (tertiary alicyclic amines) is 1. The molecule has 1 saturated heterocycles. The molecule has 2 aliphatic rings. The molecule has 4 unspecified atom stereocenters. The third-order valence-electron chi connectivity index (χ3n) is 7.17. The van der Waals surface area contributed by atoms with Gasteiger partial charge in [0.1, 0.15) is 17.2 Å². The van der Waals surface area contributed by atoms with Gasteiger partial charge in [0.15, 0.2) is 12.0 Å². The lowest BCUT2D eigenvalue weighted by molar-refractivity contribution is -0.195. The number of aldehydes is 1. The third kappa shape index (κ3) is 4.49. The van der Waals surface area contributed by atoms with Crippen LogP contribution in [0.1, 0.15) is 48.6 Å². The second-order valence-corrected chi connectivity index (χ2v) is 8.91. The summed E-state index contributed by atoms with van der Waals surface area (Å²) in [7, 11) is 2.09. The normalized spacial score (nSPS) is 25.4. The van der Waals surface area contributed by atoms with Gasteiger partial charge in [-0.2, -0.15) is 23.4 Å². The minimum absolute atomic E-state index is 0.234. The van der Waals surface area contributed by atoms with Crippen molar-refractivity contribution in [1.82, 2.24) is 34.8 Å². The monoisotopic (exact) mass is 488 g/mol. The van der Waals surface area contributed by atoms with Crippen LogP contribution in [0.15, 0.2) is 36.9 Å². The largest absolute Gasteiger partial charge is 0.434 e. The molecule has 5 rings (SSSR count). The summed E-state index contributed by atoms with van der Waals surface area (Å²) in [6, 6.07) is 4.81. The van der Waals surface area contributed by atoms with E-state index in [9.17, 15) is 18.0 Å². The molecular formula is C23H27F3N8O. The SMILES string of the molecule is CCC12CC(Nc3cnc(C(F)(F)F)cn3)C1N(C)C2C.Cc1ccc(-n2nccn2)c(C=O)n1. The number of rotatable bonds is 5. The van der Waals surface area contributed by atoms with Crippen LogP contribution in [0.25, 0.3) is 5.69 Å². The van der Waals surface area contributed by atoms with E-state index in [2.05, 4.69) is 56.3 Å². The Bertz CT molecular complexity index is 1170. The van der Waals surface area contributed by atoms with E-state index in [1.807, 2.05) is 13.0 Å². The number of nitrogens with zero attached hydrogens (tertiary/aromatic N) is 7. The molecule has 3 aromatic heterocycles. The number of carbonyl (C=O) groups excluding carboxylic acids is 1. The average molecular weight is 489 g/mol. The fourth-order valence-electron chi connectivity index (χ4n) is 5.24. The van der Waals surface area contributed by atoms with Gasteiger partial charge in [-0.25, -0.2) is 15.0 Å². The van der Waals surface area contributed by atoms with Gasteiger partial charge < -0.3 is 5.32 Å². The van der Waals surface area contributed by atoms with Gasteiger partial charge in [-0.3, -0.25) is 9.69 Å². The van der Waals surface area contributed by atoms with Gasteiger partial charge in [0, 0.05) is 29.2 Å². The van der Waals surface area contributed by atoms with Gasteiger partial charge in [-0.1, -0.05) is 6.92 Å². The van der Waals surface area contributed by atoms with Crippen molar-refractivity contribution in [1.29, 1.82) is 0 Å². The zero-order chi connectivity index (χ0) is 25.4. The van der Waals surface area contributed by atoms with E-state index < -0.39 is 11.9 Å². The Kier molecular flexibility index (Phi) is 6.58. The zero-order valence-electron chi connectivity index (χ0n) is 19.9. The molecule has 0 spiro atoms. The molecule has 35 heavy (non-hydrogen) atoms. The quantitative estimate of drug-likeness (QED) is 0.544. The topological polar surface area (TPSA) is 102 Å². The number of piperidine rings is 1. The van der Waals surface area contributed by atoms with Gasteiger partial charge in [0.05, 0.1) is 24.8 Å². The van der Waals surface area contributed by atoms with Crippen LogP contribution < -0.4 is 5.32 Å². The molecule has 186 valence electrons. The van der Waals surface area contributed by atoms with E-state index in [0.717, 1.165) is 30.9 Å². The summed E-state index contributed by atoms with van der Waals surface area (Å²) in [4.78, 5) is 25.8. The molecule has 1 aliphatic carbocycles. The second-order valence-electron chi connectivity index (χ2n) is 8.91. The van der Waals surface area contributed by atoms with E-state index in [0.29, 0.717) is 41.0 Å². The van der Waals surface area contributed by atoms with E-state index in [-0.39, 0.29) is 6.04 Å². The van der Waals surface area contributed by atoms with Crippen molar-refractivity contribution < 1.29 is 18.0 Å². The molecule has 1 N–H and O–H groups in total. The summed E-state index contributed by atoms with van der Waals surface area (Å²) >= 11 is 0. The number of likely N-dealkylation sites (N-methyl/N-ethyl adjacent to an activating group) is 1. The van der Waals surface area contributed by atoms with Crippen molar-refractivity contribution in [3.63, 3.8) is 0 Å². The predicted octanol–water partition coefficient (Wildman–Crippen LogP) is 3.56. The molecule has 2 fully saturated rings. The summed E-state index contributed by atoms with van der Waals surface area (Å²) in [5, 5.41) is 11.1. The smallest absolute Gasteiger partial charge is 0.364 e. The summed E-state index contributed by atoms with van der Waals surface area (Å²) in [6.45, 7) is 6.26. The fraction of sp³-hybridized carbons (Fsp3) is 0.478. The maximum absolute atomic E-state index is 12.4. The number of fused-ring (bicyclic) bond motifs is 1. The lowest BCUT2D eigenvalue weighted by atomic mass is 9.49. The van der Waals surface area contributed by atoms with E-state index in [1.54, 1.807) is 18.5 Å². The van der Waals surface area contributed by atoms with Crippen LogP contribution in [0.5, 0.6) is 0 Å². The van der Waals surface area contributed by atoms with Crippen molar-refractivity contribution in [2.75, 3.05) is 12.4 Å². The molecule has 0 amide bonds. The van der Waals surface area contributed by atoms with Crippen LogP contribution in [0.4, 0.5) is 19.0 Å². The molecule has 3 aromatic rings. The number of halogens is 3. The highest BCUT2D eigenvalue weighted by molar-refractivity contribution is 5.77. The van der Waals surface area contributed by atoms with Gasteiger partial charge in [-0.15, -0.1) is 4.80 Å². The van der Waals surface area contributed by atoms with E-state index >= 15 is 0 Å².